The van der Waals surface area contributed by atoms with E-state index >= 15 is 0 Å². The van der Waals surface area contributed by atoms with Gasteiger partial charge in [-0.05, 0) is 17.5 Å². The molecule has 6 heteroatoms. The third-order valence-corrected chi connectivity index (χ3v) is 3.04. The van der Waals surface area contributed by atoms with Crippen molar-refractivity contribution in [3.8, 4) is 0 Å². The van der Waals surface area contributed by atoms with Crippen LogP contribution in [0.5, 0.6) is 0 Å². The van der Waals surface area contributed by atoms with Gasteiger partial charge in [0.1, 0.15) is 5.82 Å². The highest BCUT2D eigenvalue weighted by atomic mass is 32.1. The van der Waals surface area contributed by atoms with Gasteiger partial charge in [-0.1, -0.05) is 24.3 Å². The minimum atomic E-state index is 0.167. The molecule has 18 heavy (non-hydrogen) atoms. The topological polar surface area (TPSA) is 83.5 Å². The van der Waals surface area contributed by atoms with Gasteiger partial charge in [0, 0.05) is 12.0 Å². The molecule has 0 amide bonds. The molecule has 0 fully saturated rings. The minimum Gasteiger partial charge on any atom is -0.396 e. The van der Waals surface area contributed by atoms with Crippen molar-refractivity contribution < 1.29 is 5.11 Å². The summed E-state index contributed by atoms with van der Waals surface area (Å²) < 4.78 is 0. The fourth-order valence-corrected chi connectivity index (χ4v) is 1.95. The highest BCUT2D eigenvalue weighted by molar-refractivity contribution is 7.14. The number of benzene rings is 1. The number of aliphatic hydroxyl groups is 1. The third kappa shape index (κ3) is 3.54. The fraction of sp³-hybridized carbons (Fsp3) is 0.167. The molecule has 0 aliphatic heterocycles. The Morgan fingerprint density at radius 2 is 2.17 bits per heavy atom. The first kappa shape index (κ1) is 12.5. The second kappa shape index (κ2) is 6.13. The lowest BCUT2D eigenvalue weighted by molar-refractivity contribution is 0.299. The lowest BCUT2D eigenvalue weighted by Crippen LogP contribution is -1.93. The summed E-state index contributed by atoms with van der Waals surface area (Å²) >= 11 is 1.40. The molecule has 1 heterocycles. The molecule has 0 atom stereocenters. The molecule has 1 aromatic heterocycles. The summed E-state index contributed by atoms with van der Waals surface area (Å²) in [6.45, 7) is 0.167. The van der Waals surface area contributed by atoms with Gasteiger partial charge in [-0.3, -0.25) is 5.43 Å². The van der Waals surface area contributed by atoms with Crippen LogP contribution in [0.15, 0.2) is 34.7 Å². The summed E-state index contributed by atoms with van der Waals surface area (Å²) in [4.78, 5) is 4.02. The van der Waals surface area contributed by atoms with Crippen molar-refractivity contribution in [2.24, 2.45) is 5.10 Å². The number of nitrogens with one attached hydrogen (secondary N) is 1. The third-order valence-electron chi connectivity index (χ3n) is 2.28. The Morgan fingerprint density at radius 3 is 2.78 bits per heavy atom. The normalized spacial score (nSPS) is 10.9. The quantitative estimate of drug-likeness (QED) is 0.566. The molecule has 94 valence electrons. The minimum absolute atomic E-state index is 0.167. The molecule has 4 N–H and O–H groups in total. The molecular formula is C12H14N4OS. The molecule has 1 aromatic carbocycles. The zero-order valence-corrected chi connectivity index (χ0v) is 10.5. The lowest BCUT2D eigenvalue weighted by Gasteiger charge is -1.98. The maximum absolute atomic E-state index is 8.81. The molecule has 0 radical (unpaired) electrons. The molecule has 0 saturated heterocycles. The summed E-state index contributed by atoms with van der Waals surface area (Å²) in [5.74, 6) is 0.492. The van der Waals surface area contributed by atoms with Crippen molar-refractivity contribution >= 4 is 28.5 Å². The highest BCUT2D eigenvalue weighted by Gasteiger charge is 1.95. The van der Waals surface area contributed by atoms with E-state index in [-0.39, 0.29) is 6.61 Å². The largest absolute Gasteiger partial charge is 0.396 e. The van der Waals surface area contributed by atoms with Crippen LogP contribution in [0.1, 0.15) is 11.1 Å². The van der Waals surface area contributed by atoms with E-state index in [4.69, 9.17) is 10.8 Å². The Morgan fingerprint density at radius 1 is 1.39 bits per heavy atom. The number of rotatable bonds is 5. The Bertz CT molecular complexity index is 521. The Labute approximate surface area is 109 Å². The van der Waals surface area contributed by atoms with Crippen LogP contribution in [0.4, 0.5) is 10.9 Å². The summed E-state index contributed by atoms with van der Waals surface area (Å²) in [5.41, 5.74) is 10.4. The second-order valence-corrected chi connectivity index (χ2v) is 4.52. The van der Waals surface area contributed by atoms with Crippen molar-refractivity contribution in [3.63, 3.8) is 0 Å². The van der Waals surface area contributed by atoms with Crippen molar-refractivity contribution in [1.82, 2.24) is 4.98 Å². The van der Waals surface area contributed by atoms with Gasteiger partial charge >= 0.3 is 0 Å². The van der Waals surface area contributed by atoms with Crippen LogP contribution in [0.3, 0.4) is 0 Å². The smallest absolute Gasteiger partial charge is 0.205 e. The molecule has 0 spiro atoms. The highest BCUT2D eigenvalue weighted by Crippen LogP contribution is 2.16. The van der Waals surface area contributed by atoms with Crippen LogP contribution >= 0.6 is 11.3 Å². The van der Waals surface area contributed by atoms with Gasteiger partial charge < -0.3 is 10.8 Å². The van der Waals surface area contributed by atoms with E-state index < -0.39 is 0 Å². The average Bonchev–Trinajstić information content (AvgIpc) is 2.78. The van der Waals surface area contributed by atoms with Crippen LogP contribution in [0.25, 0.3) is 0 Å². The van der Waals surface area contributed by atoms with Crippen LogP contribution in [-0.4, -0.2) is 22.9 Å². The predicted molar refractivity (Wildman–Crippen MR) is 75.0 cm³/mol. The van der Waals surface area contributed by atoms with Gasteiger partial charge in [-0.15, -0.1) is 11.3 Å². The van der Waals surface area contributed by atoms with E-state index in [0.717, 1.165) is 11.1 Å². The van der Waals surface area contributed by atoms with Crippen LogP contribution in [-0.2, 0) is 6.42 Å². The predicted octanol–water partition coefficient (Wildman–Crippen LogP) is 1.71. The van der Waals surface area contributed by atoms with E-state index in [0.29, 0.717) is 17.4 Å². The van der Waals surface area contributed by atoms with E-state index in [1.165, 1.54) is 11.3 Å². The van der Waals surface area contributed by atoms with E-state index in [2.05, 4.69) is 15.5 Å². The molecule has 2 rings (SSSR count). The fourth-order valence-electron chi connectivity index (χ4n) is 1.40. The Hall–Kier alpha value is -1.92. The monoisotopic (exact) mass is 262 g/mol. The molecule has 0 saturated carbocycles. The van der Waals surface area contributed by atoms with Crippen LogP contribution in [0, 0.1) is 0 Å². The number of aromatic nitrogens is 1. The summed E-state index contributed by atoms with van der Waals surface area (Å²) in [5, 5.41) is 15.3. The van der Waals surface area contributed by atoms with Gasteiger partial charge in [0.25, 0.3) is 0 Å². The maximum atomic E-state index is 8.81. The summed E-state index contributed by atoms with van der Waals surface area (Å²) in [6.07, 6.45) is 2.38. The van der Waals surface area contributed by atoms with E-state index in [1.807, 2.05) is 24.3 Å². The molecule has 0 bridgehead atoms. The van der Waals surface area contributed by atoms with Gasteiger partial charge in [-0.25, -0.2) is 4.98 Å². The Balaban J connectivity index is 1.92. The average molecular weight is 262 g/mol. The number of thiazole rings is 1. The number of nitrogen functional groups attached to an aromatic ring is 1. The molecule has 0 unspecified atom stereocenters. The number of anilines is 2. The molecule has 5 nitrogen and oxygen atoms in total. The van der Waals surface area contributed by atoms with Crippen LogP contribution in [0.2, 0.25) is 0 Å². The first-order chi connectivity index (χ1) is 8.78. The second-order valence-electron chi connectivity index (χ2n) is 3.66. The van der Waals surface area contributed by atoms with Gasteiger partial charge in [0.05, 0.1) is 6.21 Å². The number of hydrazone groups is 1. The zero-order valence-electron chi connectivity index (χ0n) is 9.71. The molecule has 0 aliphatic rings. The van der Waals surface area contributed by atoms with Crippen molar-refractivity contribution in [2.75, 3.05) is 17.8 Å². The van der Waals surface area contributed by atoms with E-state index in [9.17, 15) is 0 Å². The number of nitrogens with zero attached hydrogens (tertiary/aromatic N) is 2. The van der Waals surface area contributed by atoms with Crippen molar-refractivity contribution in [2.45, 2.75) is 6.42 Å². The van der Waals surface area contributed by atoms with Gasteiger partial charge in [0.15, 0.2) is 0 Å². The molecule has 2 aromatic rings. The summed E-state index contributed by atoms with van der Waals surface area (Å²) in [6, 6.07) is 7.84. The standard InChI is InChI=1S/C12H14N4OS/c13-11-8-18-12(15-11)16-14-7-10-3-1-9(2-4-10)5-6-17/h1-4,7-8,17H,5-6,13H2,(H,15,16). The first-order valence-electron chi connectivity index (χ1n) is 5.48. The van der Waals surface area contributed by atoms with Gasteiger partial charge in [-0.2, -0.15) is 5.10 Å². The van der Waals surface area contributed by atoms with Crippen molar-refractivity contribution in [3.05, 3.63) is 40.8 Å². The maximum Gasteiger partial charge on any atom is 0.205 e. The van der Waals surface area contributed by atoms with Gasteiger partial charge in [0.2, 0.25) is 5.13 Å². The lowest BCUT2D eigenvalue weighted by atomic mass is 10.1. The molecular weight excluding hydrogens is 248 g/mol. The van der Waals surface area contributed by atoms with Crippen LogP contribution < -0.4 is 11.2 Å². The first-order valence-corrected chi connectivity index (χ1v) is 6.36. The number of hydrogen-bond donors (Lipinski definition) is 3. The number of hydrogen-bond acceptors (Lipinski definition) is 6. The van der Waals surface area contributed by atoms with Crippen molar-refractivity contribution in [1.29, 1.82) is 0 Å². The number of nitrogens with two attached hydrogens (primary N) is 1. The molecule has 0 aliphatic carbocycles. The SMILES string of the molecule is Nc1csc(NN=Cc2ccc(CCO)cc2)n1. The number of aliphatic hydroxyl groups excluding tert-OH is 1. The zero-order chi connectivity index (χ0) is 12.8. The Kier molecular flexibility index (Phi) is 4.27. The summed E-state index contributed by atoms with van der Waals surface area (Å²) in [7, 11) is 0. The van der Waals surface area contributed by atoms with E-state index in [1.54, 1.807) is 11.6 Å².